The summed E-state index contributed by atoms with van der Waals surface area (Å²) in [6, 6.07) is 5.01. The number of anilines is 1. The molecule has 5 rings (SSSR count). The first-order chi connectivity index (χ1) is 14.0. The third kappa shape index (κ3) is 2.63. The largest absolute Gasteiger partial charge is 0.324 e. The zero-order chi connectivity index (χ0) is 20.3. The second-order valence-corrected chi connectivity index (χ2v) is 9.89. The van der Waals surface area contributed by atoms with Crippen molar-refractivity contribution in [3.05, 3.63) is 28.8 Å². The number of imide groups is 1. The van der Waals surface area contributed by atoms with Crippen LogP contribution >= 0.6 is 23.4 Å². The highest BCUT2D eigenvalue weighted by Crippen LogP contribution is 2.54. The number of carbonyl (C=O) groups is 3. The molecule has 3 heterocycles. The Kier molecular flexibility index (Phi) is 4.68. The number of nitrogens with zero attached hydrogens (tertiary/aromatic N) is 1. The minimum absolute atomic E-state index is 0.0258. The number of thioether (sulfide) groups is 1. The van der Waals surface area contributed by atoms with Gasteiger partial charge < -0.3 is 5.32 Å². The highest BCUT2D eigenvalue weighted by atomic mass is 35.5. The van der Waals surface area contributed by atoms with Crippen LogP contribution in [0.2, 0.25) is 5.02 Å². The first kappa shape index (κ1) is 19.4. The molecule has 2 unspecified atom stereocenters. The van der Waals surface area contributed by atoms with Crippen LogP contribution in [0.4, 0.5) is 5.69 Å². The van der Waals surface area contributed by atoms with Gasteiger partial charge in [-0.05, 0) is 49.5 Å². The smallest absolute Gasteiger partial charge is 0.250 e. The maximum atomic E-state index is 13.7. The standard InChI is InChI=1S/C21H24ClN3O3S/c1-29-9-8-15-16-17(19(27)25(18(16)26)12-4-2-3-5-12)21(24-15)13-10-11(22)6-7-14(13)23-20(21)28/h6-7,10,12,15-17,24H,2-5,8-9H2,1H3,(H,23,28)/t15?,16-,17+,21?/m1/s1. The molecule has 0 bridgehead atoms. The predicted octanol–water partition coefficient (Wildman–Crippen LogP) is 2.76. The van der Waals surface area contributed by atoms with E-state index in [1.54, 1.807) is 30.0 Å². The van der Waals surface area contributed by atoms with Gasteiger partial charge in [0, 0.05) is 28.4 Å². The van der Waals surface area contributed by atoms with Crippen LogP contribution in [-0.2, 0) is 19.9 Å². The Hall–Kier alpha value is -1.57. The van der Waals surface area contributed by atoms with Gasteiger partial charge in [-0.25, -0.2) is 0 Å². The normalized spacial score (nSPS) is 33.7. The summed E-state index contributed by atoms with van der Waals surface area (Å²) in [5.74, 6) is -0.940. The van der Waals surface area contributed by atoms with Crippen molar-refractivity contribution in [3.8, 4) is 0 Å². The lowest BCUT2D eigenvalue weighted by Gasteiger charge is -2.31. The Morgan fingerprint density at radius 2 is 1.97 bits per heavy atom. The number of likely N-dealkylation sites (tertiary alicyclic amines) is 1. The van der Waals surface area contributed by atoms with E-state index in [0.29, 0.717) is 16.3 Å². The van der Waals surface area contributed by atoms with E-state index in [2.05, 4.69) is 10.6 Å². The van der Waals surface area contributed by atoms with Crippen molar-refractivity contribution in [3.63, 3.8) is 0 Å². The van der Waals surface area contributed by atoms with E-state index in [9.17, 15) is 14.4 Å². The van der Waals surface area contributed by atoms with E-state index in [-0.39, 0.29) is 29.8 Å². The molecule has 2 N–H and O–H groups in total. The van der Waals surface area contributed by atoms with Crippen LogP contribution in [0.3, 0.4) is 0 Å². The fraction of sp³-hybridized carbons (Fsp3) is 0.571. The molecule has 0 radical (unpaired) electrons. The summed E-state index contributed by atoms with van der Waals surface area (Å²) < 4.78 is 0. The van der Waals surface area contributed by atoms with Gasteiger partial charge in [0.25, 0.3) is 0 Å². The van der Waals surface area contributed by atoms with Crippen LogP contribution in [0, 0.1) is 11.8 Å². The molecular formula is C21H24ClN3O3S. The number of carbonyl (C=O) groups excluding carboxylic acids is 3. The summed E-state index contributed by atoms with van der Waals surface area (Å²) in [4.78, 5) is 41.9. The van der Waals surface area contributed by atoms with Gasteiger partial charge in [0.1, 0.15) is 5.54 Å². The van der Waals surface area contributed by atoms with E-state index in [4.69, 9.17) is 11.6 Å². The van der Waals surface area contributed by atoms with Crippen molar-refractivity contribution in [1.82, 2.24) is 10.2 Å². The van der Waals surface area contributed by atoms with Crippen molar-refractivity contribution in [2.45, 2.75) is 49.7 Å². The summed E-state index contributed by atoms with van der Waals surface area (Å²) in [5.41, 5.74) is 0.121. The first-order valence-electron chi connectivity index (χ1n) is 10.2. The molecule has 8 heteroatoms. The van der Waals surface area contributed by atoms with Crippen molar-refractivity contribution in [2.24, 2.45) is 11.8 Å². The molecule has 1 aliphatic carbocycles. The number of benzene rings is 1. The lowest BCUT2D eigenvalue weighted by molar-refractivity contribution is -0.145. The molecule has 1 aromatic rings. The van der Waals surface area contributed by atoms with E-state index in [1.807, 2.05) is 6.26 Å². The lowest BCUT2D eigenvalue weighted by atomic mass is 9.76. The van der Waals surface area contributed by atoms with Crippen LogP contribution in [0.1, 0.15) is 37.7 Å². The molecule has 29 heavy (non-hydrogen) atoms. The van der Waals surface area contributed by atoms with Gasteiger partial charge in [-0.1, -0.05) is 24.4 Å². The first-order valence-corrected chi connectivity index (χ1v) is 12.0. The van der Waals surface area contributed by atoms with Crippen LogP contribution < -0.4 is 10.6 Å². The van der Waals surface area contributed by atoms with Crippen LogP contribution in [0.25, 0.3) is 0 Å². The number of halogens is 1. The molecular weight excluding hydrogens is 410 g/mol. The number of nitrogens with one attached hydrogen (secondary N) is 2. The van der Waals surface area contributed by atoms with Gasteiger partial charge >= 0.3 is 0 Å². The Morgan fingerprint density at radius 1 is 1.21 bits per heavy atom. The molecule has 1 saturated carbocycles. The zero-order valence-electron chi connectivity index (χ0n) is 16.2. The summed E-state index contributed by atoms with van der Waals surface area (Å²) >= 11 is 7.96. The second-order valence-electron chi connectivity index (χ2n) is 8.47. The molecule has 4 aliphatic rings. The van der Waals surface area contributed by atoms with Gasteiger partial charge in [-0.2, -0.15) is 11.8 Å². The summed E-state index contributed by atoms with van der Waals surface area (Å²) in [6.07, 6.45) is 6.55. The molecule has 1 aromatic carbocycles. The summed E-state index contributed by atoms with van der Waals surface area (Å²) in [7, 11) is 0. The number of rotatable bonds is 4. The van der Waals surface area contributed by atoms with Gasteiger partial charge in [-0.3, -0.25) is 24.6 Å². The van der Waals surface area contributed by atoms with Crippen LogP contribution in [0.15, 0.2) is 18.2 Å². The van der Waals surface area contributed by atoms with E-state index in [1.165, 1.54) is 4.90 Å². The number of amides is 3. The summed E-state index contributed by atoms with van der Waals surface area (Å²) in [5, 5.41) is 6.88. The van der Waals surface area contributed by atoms with Gasteiger partial charge in [-0.15, -0.1) is 0 Å². The third-order valence-corrected chi connectivity index (χ3v) is 7.91. The molecule has 3 amide bonds. The lowest BCUT2D eigenvalue weighted by Crippen LogP contribution is -2.54. The van der Waals surface area contributed by atoms with Crippen molar-refractivity contribution in [1.29, 1.82) is 0 Å². The number of hydrogen-bond acceptors (Lipinski definition) is 5. The topological polar surface area (TPSA) is 78.5 Å². The van der Waals surface area contributed by atoms with E-state index >= 15 is 0 Å². The minimum Gasteiger partial charge on any atom is -0.324 e. The summed E-state index contributed by atoms with van der Waals surface area (Å²) in [6.45, 7) is 0. The van der Waals surface area contributed by atoms with E-state index < -0.39 is 17.4 Å². The van der Waals surface area contributed by atoms with Gasteiger partial charge in [0.05, 0.1) is 11.8 Å². The molecule has 2 saturated heterocycles. The average molecular weight is 434 g/mol. The predicted molar refractivity (Wildman–Crippen MR) is 113 cm³/mol. The van der Waals surface area contributed by atoms with Crippen molar-refractivity contribution < 1.29 is 14.4 Å². The van der Waals surface area contributed by atoms with Crippen LogP contribution in [0.5, 0.6) is 0 Å². The fourth-order valence-corrected chi connectivity index (χ4v) is 6.47. The highest BCUT2D eigenvalue weighted by molar-refractivity contribution is 7.98. The zero-order valence-corrected chi connectivity index (χ0v) is 17.8. The number of hydrogen-bond donors (Lipinski definition) is 2. The molecule has 4 atom stereocenters. The Balaban J connectivity index is 1.63. The maximum absolute atomic E-state index is 13.7. The molecule has 3 fully saturated rings. The minimum atomic E-state index is -1.23. The Labute approximate surface area is 179 Å². The fourth-order valence-electron chi connectivity index (χ4n) is 5.81. The quantitative estimate of drug-likeness (QED) is 0.714. The third-order valence-electron chi connectivity index (χ3n) is 7.03. The maximum Gasteiger partial charge on any atom is 0.250 e. The number of fused-ring (bicyclic) bond motifs is 4. The molecule has 1 spiro atoms. The van der Waals surface area contributed by atoms with E-state index in [0.717, 1.165) is 37.9 Å². The SMILES string of the molecule is CSCCC1NC2(C(=O)Nc3ccc(Cl)cc32)[C@@H]2C(=O)N(C3CCCC3)C(=O)[C@H]12. The molecule has 0 aromatic heterocycles. The van der Waals surface area contributed by atoms with Gasteiger partial charge in [0.15, 0.2) is 0 Å². The van der Waals surface area contributed by atoms with Crippen LogP contribution in [-0.4, -0.2) is 46.7 Å². The molecule has 6 nitrogen and oxygen atoms in total. The highest BCUT2D eigenvalue weighted by Gasteiger charge is 2.70. The van der Waals surface area contributed by atoms with Crippen molar-refractivity contribution >= 4 is 46.8 Å². The average Bonchev–Trinajstić information content (AvgIpc) is 3.43. The molecule has 154 valence electrons. The monoisotopic (exact) mass is 433 g/mol. The van der Waals surface area contributed by atoms with Crippen molar-refractivity contribution in [2.75, 3.05) is 17.3 Å². The molecule has 3 aliphatic heterocycles. The Morgan fingerprint density at radius 3 is 2.69 bits per heavy atom. The van der Waals surface area contributed by atoms with Gasteiger partial charge in [0.2, 0.25) is 17.7 Å². The Bertz CT molecular complexity index is 903. The second kappa shape index (κ2) is 7.00.